The Morgan fingerprint density at radius 2 is 1.81 bits per heavy atom. The number of hydrogen-bond donors (Lipinski definition) is 2. The summed E-state index contributed by atoms with van der Waals surface area (Å²) in [5, 5.41) is 15.4. The molecule has 0 saturated heterocycles. The molecule has 9 heteroatoms. The van der Waals surface area contributed by atoms with Crippen molar-refractivity contribution in [2.75, 3.05) is 17.7 Å². The van der Waals surface area contributed by atoms with E-state index < -0.39 is 0 Å². The van der Waals surface area contributed by atoms with Crippen LogP contribution in [0.3, 0.4) is 0 Å². The maximum absolute atomic E-state index is 12.1. The number of rotatable bonds is 7. The standard InChI is InChI=1S/C22H25N7O2/c1-31-18-7-9-21(30)29(13-18)17-6-8-20(23-11-17)25-15-4-5-16(10-15)26-22-24-12-19(27-28-22)14-2-3-14/h6-9,11-16H,2-5,10H2,1H3,(H,23,25)(H,24,26,28)/t15-,16-/m0/s1. The molecule has 2 aliphatic rings. The molecular weight excluding hydrogens is 394 g/mol. The Labute approximate surface area is 179 Å². The van der Waals surface area contributed by atoms with E-state index >= 15 is 0 Å². The van der Waals surface area contributed by atoms with E-state index in [-0.39, 0.29) is 5.56 Å². The average Bonchev–Trinajstić information content (AvgIpc) is 3.56. The monoisotopic (exact) mass is 419 g/mol. The SMILES string of the molecule is COc1ccc(=O)n(-c2ccc(N[C@H]3CC[C@H](Nc4ncc(C5CC5)nn4)C3)nc2)c1. The predicted octanol–water partition coefficient (Wildman–Crippen LogP) is 2.75. The van der Waals surface area contributed by atoms with Crippen LogP contribution in [-0.2, 0) is 0 Å². The van der Waals surface area contributed by atoms with Crippen molar-refractivity contribution in [2.24, 2.45) is 0 Å². The van der Waals surface area contributed by atoms with Crippen LogP contribution in [-0.4, -0.2) is 43.9 Å². The maximum Gasteiger partial charge on any atom is 0.255 e. The van der Waals surface area contributed by atoms with Crippen LogP contribution in [0.1, 0.15) is 43.7 Å². The molecule has 31 heavy (non-hydrogen) atoms. The Balaban J connectivity index is 1.18. The number of nitrogens with zero attached hydrogens (tertiary/aromatic N) is 5. The molecule has 5 rings (SSSR count). The molecule has 2 fully saturated rings. The minimum Gasteiger partial charge on any atom is -0.495 e. The van der Waals surface area contributed by atoms with Gasteiger partial charge in [0.15, 0.2) is 0 Å². The van der Waals surface area contributed by atoms with Gasteiger partial charge in [0, 0.05) is 24.1 Å². The van der Waals surface area contributed by atoms with E-state index in [2.05, 4.69) is 30.8 Å². The minimum atomic E-state index is -0.130. The molecule has 0 amide bonds. The summed E-state index contributed by atoms with van der Waals surface area (Å²) in [7, 11) is 1.57. The van der Waals surface area contributed by atoms with Gasteiger partial charge in [0.05, 0.1) is 37.1 Å². The molecule has 160 valence electrons. The lowest BCUT2D eigenvalue weighted by Crippen LogP contribution is -2.22. The first kappa shape index (κ1) is 19.5. The highest BCUT2D eigenvalue weighted by atomic mass is 16.5. The van der Waals surface area contributed by atoms with E-state index in [4.69, 9.17) is 4.74 Å². The van der Waals surface area contributed by atoms with Crippen molar-refractivity contribution in [1.29, 1.82) is 0 Å². The summed E-state index contributed by atoms with van der Waals surface area (Å²) >= 11 is 0. The molecule has 0 bridgehead atoms. The number of ether oxygens (including phenoxy) is 1. The van der Waals surface area contributed by atoms with Gasteiger partial charge in [0.1, 0.15) is 11.6 Å². The number of nitrogens with one attached hydrogen (secondary N) is 2. The first-order chi connectivity index (χ1) is 15.2. The number of anilines is 2. The molecular formula is C22H25N7O2. The van der Waals surface area contributed by atoms with Crippen molar-refractivity contribution in [1.82, 2.24) is 24.7 Å². The largest absolute Gasteiger partial charge is 0.495 e. The summed E-state index contributed by atoms with van der Waals surface area (Å²) in [4.78, 5) is 21.0. The molecule has 2 aliphatic carbocycles. The normalized spacial score (nSPS) is 20.4. The van der Waals surface area contributed by atoms with Gasteiger partial charge in [-0.3, -0.25) is 9.36 Å². The van der Waals surface area contributed by atoms with E-state index in [9.17, 15) is 4.79 Å². The molecule has 9 nitrogen and oxygen atoms in total. The molecule has 3 heterocycles. The Kier molecular flexibility index (Phi) is 5.23. The summed E-state index contributed by atoms with van der Waals surface area (Å²) < 4.78 is 6.73. The van der Waals surface area contributed by atoms with Crippen molar-refractivity contribution in [3.63, 3.8) is 0 Å². The Hall–Kier alpha value is -3.49. The topological polar surface area (TPSA) is 107 Å². The number of aromatic nitrogens is 5. The number of pyridine rings is 2. The van der Waals surface area contributed by atoms with Crippen molar-refractivity contribution in [2.45, 2.75) is 50.1 Å². The third-order valence-corrected chi connectivity index (χ3v) is 5.84. The van der Waals surface area contributed by atoms with Gasteiger partial charge in [-0.05, 0) is 50.3 Å². The molecule has 3 aromatic heterocycles. The smallest absolute Gasteiger partial charge is 0.255 e. The van der Waals surface area contributed by atoms with Crippen molar-refractivity contribution in [3.05, 3.63) is 58.9 Å². The lowest BCUT2D eigenvalue weighted by molar-refractivity contribution is 0.411. The summed E-state index contributed by atoms with van der Waals surface area (Å²) in [6, 6.07) is 7.52. The van der Waals surface area contributed by atoms with E-state index in [1.807, 2.05) is 18.3 Å². The van der Waals surface area contributed by atoms with Crippen LogP contribution in [0.25, 0.3) is 5.69 Å². The van der Waals surface area contributed by atoms with Gasteiger partial charge in [-0.25, -0.2) is 9.97 Å². The quantitative estimate of drug-likeness (QED) is 0.602. The van der Waals surface area contributed by atoms with E-state index in [0.29, 0.717) is 35.4 Å². The second-order valence-electron chi connectivity index (χ2n) is 8.16. The molecule has 2 atom stereocenters. The molecule has 0 spiro atoms. The summed E-state index contributed by atoms with van der Waals surface area (Å²) in [6.07, 6.45) is 10.6. The van der Waals surface area contributed by atoms with Crippen LogP contribution in [0.5, 0.6) is 5.75 Å². The second kappa shape index (κ2) is 8.33. The molecule has 3 aromatic rings. The highest BCUT2D eigenvalue weighted by Crippen LogP contribution is 2.38. The van der Waals surface area contributed by atoms with Gasteiger partial charge in [-0.1, -0.05) is 0 Å². The number of hydrogen-bond acceptors (Lipinski definition) is 8. The first-order valence-corrected chi connectivity index (χ1v) is 10.6. The van der Waals surface area contributed by atoms with E-state index in [1.54, 1.807) is 25.6 Å². The van der Waals surface area contributed by atoms with Crippen LogP contribution in [0, 0.1) is 0 Å². The maximum atomic E-state index is 12.1. The zero-order valence-corrected chi connectivity index (χ0v) is 17.4. The van der Waals surface area contributed by atoms with Gasteiger partial charge in [-0.15, -0.1) is 10.2 Å². The minimum absolute atomic E-state index is 0.130. The van der Waals surface area contributed by atoms with Gasteiger partial charge >= 0.3 is 0 Å². The Morgan fingerprint density at radius 3 is 2.48 bits per heavy atom. The Bertz CT molecular complexity index is 1090. The fourth-order valence-corrected chi connectivity index (χ4v) is 3.96. The van der Waals surface area contributed by atoms with E-state index in [0.717, 1.165) is 30.8 Å². The first-order valence-electron chi connectivity index (χ1n) is 10.6. The lowest BCUT2D eigenvalue weighted by atomic mass is 10.2. The fraction of sp³-hybridized carbons (Fsp3) is 0.409. The predicted molar refractivity (Wildman–Crippen MR) is 117 cm³/mol. The van der Waals surface area contributed by atoms with Crippen LogP contribution < -0.4 is 20.9 Å². The summed E-state index contributed by atoms with van der Waals surface area (Å²) in [6.45, 7) is 0. The van der Waals surface area contributed by atoms with Crippen molar-refractivity contribution >= 4 is 11.8 Å². The third-order valence-electron chi connectivity index (χ3n) is 5.84. The molecule has 0 aliphatic heterocycles. The zero-order valence-electron chi connectivity index (χ0n) is 17.4. The van der Waals surface area contributed by atoms with Gasteiger partial charge < -0.3 is 15.4 Å². The van der Waals surface area contributed by atoms with Gasteiger partial charge in [0.25, 0.3) is 5.56 Å². The fourth-order valence-electron chi connectivity index (χ4n) is 3.96. The van der Waals surface area contributed by atoms with Gasteiger partial charge in [0.2, 0.25) is 5.95 Å². The summed E-state index contributed by atoms with van der Waals surface area (Å²) in [5.74, 6) is 2.57. The molecule has 0 aromatic carbocycles. The molecule has 0 unspecified atom stereocenters. The molecule has 0 radical (unpaired) electrons. The second-order valence-corrected chi connectivity index (χ2v) is 8.16. The highest BCUT2D eigenvalue weighted by molar-refractivity contribution is 5.42. The number of methoxy groups -OCH3 is 1. The molecule has 2 saturated carbocycles. The van der Waals surface area contributed by atoms with Crippen LogP contribution in [0.2, 0.25) is 0 Å². The van der Waals surface area contributed by atoms with Crippen molar-refractivity contribution in [3.8, 4) is 11.4 Å². The average molecular weight is 419 g/mol. The van der Waals surface area contributed by atoms with Crippen molar-refractivity contribution < 1.29 is 4.74 Å². The van der Waals surface area contributed by atoms with Crippen LogP contribution >= 0.6 is 0 Å². The van der Waals surface area contributed by atoms with Crippen LogP contribution in [0.4, 0.5) is 11.8 Å². The van der Waals surface area contributed by atoms with Crippen LogP contribution in [0.15, 0.2) is 47.7 Å². The zero-order chi connectivity index (χ0) is 21.2. The molecule has 2 N–H and O–H groups in total. The third kappa shape index (κ3) is 4.50. The van der Waals surface area contributed by atoms with E-state index in [1.165, 1.54) is 23.5 Å². The Morgan fingerprint density at radius 1 is 0.968 bits per heavy atom. The lowest BCUT2D eigenvalue weighted by Gasteiger charge is -2.15. The van der Waals surface area contributed by atoms with Gasteiger partial charge in [-0.2, -0.15) is 0 Å². The highest BCUT2D eigenvalue weighted by Gasteiger charge is 2.27. The summed E-state index contributed by atoms with van der Waals surface area (Å²) in [5.41, 5.74) is 1.57.